The molecule has 0 radical (unpaired) electrons. The lowest BCUT2D eigenvalue weighted by Gasteiger charge is -2.26. The van der Waals surface area contributed by atoms with Crippen LogP contribution in [-0.4, -0.2) is 49.5 Å². The molecule has 1 fully saturated rings. The minimum atomic E-state index is -0.187. The lowest BCUT2D eigenvalue weighted by molar-refractivity contribution is -0.116. The monoisotopic (exact) mass is 417 g/mol. The van der Waals surface area contributed by atoms with E-state index in [4.69, 9.17) is 4.99 Å². The molecule has 8 nitrogen and oxygen atoms in total. The predicted molar refractivity (Wildman–Crippen MR) is 123 cm³/mol. The van der Waals surface area contributed by atoms with Gasteiger partial charge in [-0.25, -0.2) is 19.6 Å². The molecular formula is C23H27N7O. The van der Waals surface area contributed by atoms with Crippen molar-refractivity contribution in [3.05, 3.63) is 49.1 Å². The molecule has 1 aliphatic carbocycles. The van der Waals surface area contributed by atoms with Gasteiger partial charge in [0.25, 0.3) is 0 Å². The number of aliphatic imine (C=N–C) groups is 1. The SMILES string of the molecule is C=Cc1cnn(CC(=O)Nc2ccc3ncncc3c2)c1N=C(C)N(C)C1CCCC1. The summed E-state index contributed by atoms with van der Waals surface area (Å²) < 4.78 is 1.61. The normalized spacial score (nSPS) is 14.7. The third-order valence-corrected chi connectivity index (χ3v) is 5.79. The number of hydrogen-bond donors (Lipinski definition) is 1. The standard InChI is InChI=1S/C23H27N7O/c1-4-17-13-26-30(23(17)27-16(2)29(3)20-7-5-6-8-20)14-22(31)28-19-9-10-21-18(11-19)12-24-15-25-21/h4,9-13,15,20H,1,5-8,14H2,2-3H3,(H,28,31). The highest BCUT2D eigenvalue weighted by molar-refractivity contribution is 5.93. The van der Waals surface area contributed by atoms with E-state index < -0.39 is 0 Å². The number of fused-ring (bicyclic) bond motifs is 1. The number of amidine groups is 1. The number of carbonyl (C=O) groups excluding carboxylic acids is 1. The molecule has 4 rings (SSSR count). The Morgan fingerprint density at radius 2 is 2.16 bits per heavy atom. The molecule has 1 amide bonds. The van der Waals surface area contributed by atoms with Gasteiger partial charge >= 0.3 is 0 Å². The highest BCUT2D eigenvalue weighted by Gasteiger charge is 2.21. The number of carbonyl (C=O) groups is 1. The summed E-state index contributed by atoms with van der Waals surface area (Å²) in [6.07, 6.45) is 11.5. The van der Waals surface area contributed by atoms with E-state index in [0.717, 1.165) is 22.3 Å². The maximum absolute atomic E-state index is 12.7. The third kappa shape index (κ3) is 4.63. The van der Waals surface area contributed by atoms with Gasteiger partial charge in [-0.15, -0.1) is 0 Å². The van der Waals surface area contributed by atoms with E-state index in [9.17, 15) is 4.79 Å². The number of benzene rings is 1. The average Bonchev–Trinajstić information content (AvgIpc) is 3.44. The first-order chi connectivity index (χ1) is 15.0. The third-order valence-electron chi connectivity index (χ3n) is 5.79. The number of hydrogen-bond acceptors (Lipinski definition) is 5. The van der Waals surface area contributed by atoms with Crippen molar-refractivity contribution >= 4 is 40.2 Å². The number of aromatic nitrogens is 4. The lowest BCUT2D eigenvalue weighted by atomic mass is 10.2. The summed E-state index contributed by atoms with van der Waals surface area (Å²) in [6, 6.07) is 6.05. The van der Waals surface area contributed by atoms with Crippen molar-refractivity contribution in [2.75, 3.05) is 12.4 Å². The largest absolute Gasteiger partial charge is 0.360 e. The van der Waals surface area contributed by atoms with Gasteiger partial charge in [0.1, 0.15) is 18.7 Å². The van der Waals surface area contributed by atoms with Crippen LogP contribution in [0, 0.1) is 0 Å². The van der Waals surface area contributed by atoms with E-state index in [0.29, 0.717) is 17.5 Å². The van der Waals surface area contributed by atoms with Crippen molar-refractivity contribution in [1.29, 1.82) is 0 Å². The Hall–Kier alpha value is -3.55. The van der Waals surface area contributed by atoms with Crippen molar-refractivity contribution in [2.24, 2.45) is 4.99 Å². The molecule has 31 heavy (non-hydrogen) atoms. The minimum Gasteiger partial charge on any atom is -0.360 e. The molecular weight excluding hydrogens is 390 g/mol. The molecule has 3 aromatic rings. The Morgan fingerprint density at radius 1 is 1.35 bits per heavy atom. The van der Waals surface area contributed by atoms with E-state index in [-0.39, 0.29) is 12.5 Å². The van der Waals surface area contributed by atoms with Gasteiger partial charge in [0, 0.05) is 35.9 Å². The number of anilines is 1. The van der Waals surface area contributed by atoms with Gasteiger partial charge in [-0.05, 0) is 38.0 Å². The zero-order valence-electron chi connectivity index (χ0n) is 18.0. The topological polar surface area (TPSA) is 88.3 Å². The molecule has 0 atom stereocenters. The fourth-order valence-electron chi connectivity index (χ4n) is 3.96. The van der Waals surface area contributed by atoms with Gasteiger partial charge in [0.15, 0.2) is 5.82 Å². The summed E-state index contributed by atoms with van der Waals surface area (Å²) in [5.41, 5.74) is 2.31. The van der Waals surface area contributed by atoms with E-state index in [1.807, 2.05) is 25.1 Å². The quantitative estimate of drug-likeness (QED) is 0.483. The zero-order chi connectivity index (χ0) is 21.8. The maximum atomic E-state index is 12.7. The van der Waals surface area contributed by atoms with E-state index in [1.54, 1.807) is 23.2 Å². The number of nitrogens with zero attached hydrogens (tertiary/aromatic N) is 6. The number of amides is 1. The molecule has 2 heterocycles. The summed E-state index contributed by atoms with van der Waals surface area (Å²) in [5, 5.41) is 8.15. The molecule has 1 aromatic carbocycles. The molecule has 0 unspecified atom stereocenters. The van der Waals surface area contributed by atoms with Gasteiger partial charge in [-0.2, -0.15) is 5.10 Å². The maximum Gasteiger partial charge on any atom is 0.246 e. The molecule has 1 saturated carbocycles. The van der Waals surface area contributed by atoms with Crippen LogP contribution in [0.2, 0.25) is 0 Å². The van der Waals surface area contributed by atoms with Gasteiger partial charge < -0.3 is 10.2 Å². The molecule has 8 heteroatoms. The Bertz CT molecular complexity index is 1130. The van der Waals surface area contributed by atoms with Crippen LogP contribution >= 0.6 is 0 Å². The van der Waals surface area contributed by atoms with E-state index >= 15 is 0 Å². The second kappa shape index (κ2) is 9.07. The second-order valence-corrected chi connectivity index (χ2v) is 7.84. The average molecular weight is 418 g/mol. The van der Waals surface area contributed by atoms with Crippen molar-refractivity contribution in [1.82, 2.24) is 24.6 Å². The molecule has 1 N–H and O–H groups in total. The summed E-state index contributed by atoms with van der Waals surface area (Å²) in [6.45, 7) is 5.91. The minimum absolute atomic E-state index is 0.0520. The summed E-state index contributed by atoms with van der Waals surface area (Å²) in [7, 11) is 2.08. The van der Waals surface area contributed by atoms with Gasteiger partial charge in [0.2, 0.25) is 5.91 Å². The first-order valence-corrected chi connectivity index (χ1v) is 10.5. The van der Waals surface area contributed by atoms with Crippen LogP contribution < -0.4 is 5.32 Å². The Kier molecular flexibility index (Phi) is 6.06. The Balaban J connectivity index is 1.51. The summed E-state index contributed by atoms with van der Waals surface area (Å²) >= 11 is 0. The lowest BCUT2D eigenvalue weighted by Crippen LogP contribution is -2.33. The fourth-order valence-corrected chi connectivity index (χ4v) is 3.96. The molecule has 0 bridgehead atoms. The van der Waals surface area contributed by atoms with Crippen LogP contribution in [0.3, 0.4) is 0 Å². The first-order valence-electron chi connectivity index (χ1n) is 10.5. The number of rotatable bonds is 6. The van der Waals surface area contributed by atoms with Crippen LogP contribution in [-0.2, 0) is 11.3 Å². The highest BCUT2D eigenvalue weighted by Crippen LogP contribution is 2.25. The Morgan fingerprint density at radius 3 is 2.94 bits per heavy atom. The molecule has 0 saturated heterocycles. The van der Waals surface area contributed by atoms with Gasteiger partial charge in [-0.3, -0.25) is 4.79 Å². The number of nitrogens with one attached hydrogen (secondary N) is 1. The van der Waals surface area contributed by atoms with Crippen LogP contribution in [0.5, 0.6) is 0 Å². The predicted octanol–water partition coefficient (Wildman–Crippen LogP) is 4.03. The van der Waals surface area contributed by atoms with Crippen LogP contribution in [0.4, 0.5) is 11.5 Å². The Labute approximate surface area is 181 Å². The van der Waals surface area contributed by atoms with Crippen molar-refractivity contribution in [2.45, 2.75) is 45.2 Å². The smallest absolute Gasteiger partial charge is 0.246 e. The molecule has 160 valence electrons. The van der Waals surface area contributed by atoms with Gasteiger partial charge in [-0.1, -0.05) is 25.5 Å². The first kappa shape index (κ1) is 20.7. The summed E-state index contributed by atoms with van der Waals surface area (Å²) in [4.78, 5) is 28.0. The van der Waals surface area contributed by atoms with Gasteiger partial charge in [0.05, 0.1) is 11.7 Å². The second-order valence-electron chi connectivity index (χ2n) is 7.84. The highest BCUT2D eigenvalue weighted by atomic mass is 16.2. The van der Waals surface area contributed by atoms with Crippen molar-refractivity contribution < 1.29 is 4.79 Å². The summed E-state index contributed by atoms with van der Waals surface area (Å²) in [5.74, 6) is 1.36. The zero-order valence-corrected chi connectivity index (χ0v) is 18.0. The van der Waals surface area contributed by atoms with E-state index in [2.05, 4.69) is 38.9 Å². The molecule has 2 aromatic heterocycles. The van der Waals surface area contributed by atoms with Crippen LogP contribution in [0.15, 0.2) is 48.5 Å². The van der Waals surface area contributed by atoms with Crippen LogP contribution in [0.1, 0.15) is 38.2 Å². The van der Waals surface area contributed by atoms with Crippen molar-refractivity contribution in [3.8, 4) is 0 Å². The molecule has 1 aliphatic rings. The fraction of sp³-hybridized carbons (Fsp3) is 0.348. The van der Waals surface area contributed by atoms with Crippen LogP contribution in [0.25, 0.3) is 17.0 Å². The van der Waals surface area contributed by atoms with Crippen molar-refractivity contribution in [3.63, 3.8) is 0 Å². The molecule has 0 aliphatic heterocycles. The van der Waals surface area contributed by atoms with E-state index in [1.165, 1.54) is 32.0 Å². The molecule has 0 spiro atoms.